The lowest BCUT2D eigenvalue weighted by atomic mass is 10.0. The molecule has 2 heterocycles. The fourth-order valence-electron chi connectivity index (χ4n) is 3.38. The zero-order valence-corrected chi connectivity index (χ0v) is 16.9. The molecule has 0 spiro atoms. The minimum atomic E-state index is -1.08. The Morgan fingerprint density at radius 2 is 1.93 bits per heavy atom. The maximum absolute atomic E-state index is 13.8. The monoisotopic (exact) mass is 403 g/mol. The number of halogens is 1. The van der Waals surface area contributed by atoms with Gasteiger partial charge in [0, 0.05) is 24.8 Å². The first kappa shape index (κ1) is 20.8. The minimum absolute atomic E-state index is 0.147. The molecule has 1 aliphatic rings. The zero-order chi connectivity index (χ0) is 21.2. The number of aliphatic carboxylic acids is 1. The lowest BCUT2D eigenvalue weighted by Gasteiger charge is -2.33. The second-order valence-corrected chi connectivity index (χ2v) is 8.28. The summed E-state index contributed by atoms with van der Waals surface area (Å²) in [5.74, 6) is -1.61. The molecule has 1 fully saturated rings. The van der Waals surface area contributed by atoms with E-state index in [0.29, 0.717) is 13.1 Å². The van der Waals surface area contributed by atoms with Crippen molar-refractivity contribution in [2.45, 2.75) is 51.7 Å². The molecule has 0 unspecified atom stereocenters. The van der Waals surface area contributed by atoms with Gasteiger partial charge in [-0.15, -0.1) is 0 Å². The van der Waals surface area contributed by atoms with E-state index in [4.69, 9.17) is 9.84 Å². The number of hydrogen-bond donors (Lipinski definition) is 1. The van der Waals surface area contributed by atoms with Gasteiger partial charge in [0.2, 0.25) is 0 Å². The van der Waals surface area contributed by atoms with Gasteiger partial charge in [-0.05, 0) is 56.9 Å². The first-order chi connectivity index (χ1) is 13.6. The van der Waals surface area contributed by atoms with Gasteiger partial charge in [-0.3, -0.25) is 9.48 Å². The highest BCUT2D eigenvalue weighted by molar-refractivity contribution is 5.72. The number of amides is 1. The van der Waals surface area contributed by atoms with Gasteiger partial charge in [-0.2, -0.15) is 5.10 Å². The molecule has 1 aliphatic heterocycles. The van der Waals surface area contributed by atoms with Crippen molar-refractivity contribution in [3.8, 4) is 11.1 Å². The molecule has 0 atom stereocenters. The van der Waals surface area contributed by atoms with Crippen LogP contribution in [0, 0.1) is 5.82 Å². The predicted octanol–water partition coefficient (Wildman–Crippen LogP) is 3.89. The summed E-state index contributed by atoms with van der Waals surface area (Å²) >= 11 is 0. The summed E-state index contributed by atoms with van der Waals surface area (Å²) in [7, 11) is 0. The Balaban J connectivity index is 1.66. The third-order valence-electron chi connectivity index (χ3n) is 4.81. The number of ether oxygens (including phenoxy) is 1. The van der Waals surface area contributed by atoms with E-state index in [9.17, 15) is 14.0 Å². The standard InChI is InChI=1S/C21H26FN3O4/c1-21(2,3)29-20(28)24-8-6-17(7-9-24)25-13-16(12-23-25)14-4-5-18(22)15(10-14)11-19(26)27/h4-5,10,12-13,17H,6-9,11H2,1-3H3,(H,26,27). The maximum Gasteiger partial charge on any atom is 0.410 e. The van der Waals surface area contributed by atoms with Crippen LogP contribution in [0.5, 0.6) is 0 Å². The van der Waals surface area contributed by atoms with E-state index in [0.717, 1.165) is 24.0 Å². The van der Waals surface area contributed by atoms with E-state index in [1.54, 1.807) is 23.2 Å². The number of carbonyl (C=O) groups is 2. The fourth-order valence-corrected chi connectivity index (χ4v) is 3.38. The normalized spacial score (nSPS) is 15.4. The van der Waals surface area contributed by atoms with Crippen molar-refractivity contribution < 1.29 is 23.8 Å². The topological polar surface area (TPSA) is 84.7 Å². The minimum Gasteiger partial charge on any atom is -0.481 e. The average molecular weight is 403 g/mol. The Kier molecular flexibility index (Phi) is 5.91. The van der Waals surface area contributed by atoms with Crippen LogP contribution in [0.4, 0.5) is 9.18 Å². The van der Waals surface area contributed by atoms with Gasteiger partial charge >= 0.3 is 12.1 Å². The molecular formula is C21H26FN3O4. The summed E-state index contributed by atoms with van der Waals surface area (Å²) in [6.45, 7) is 6.73. The van der Waals surface area contributed by atoms with Crippen molar-refractivity contribution in [3.05, 3.63) is 42.0 Å². The zero-order valence-electron chi connectivity index (χ0n) is 16.9. The molecule has 156 valence electrons. The number of likely N-dealkylation sites (tertiary alicyclic amines) is 1. The summed E-state index contributed by atoms with van der Waals surface area (Å²) in [6, 6.07) is 4.61. The summed E-state index contributed by atoms with van der Waals surface area (Å²) in [5.41, 5.74) is 1.15. The average Bonchev–Trinajstić information content (AvgIpc) is 3.12. The Bertz CT molecular complexity index is 896. The van der Waals surface area contributed by atoms with Crippen LogP contribution in [0.25, 0.3) is 11.1 Å². The van der Waals surface area contributed by atoms with Crippen molar-refractivity contribution in [1.29, 1.82) is 0 Å². The second kappa shape index (κ2) is 8.23. The summed E-state index contributed by atoms with van der Waals surface area (Å²) in [4.78, 5) is 24.8. The Hall–Kier alpha value is -2.90. The number of carboxylic acids is 1. The summed E-state index contributed by atoms with van der Waals surface area (Å²) in [6.07, 6.45) is 4.43. The lowest BCUT2D eigenvalue weighted by Crippen LogP contribution is -2.42. The number of carboxylic acid groups (broad SMARTS) is 1. The highest BCUT2D eigenvalue weighted by Crippen LogP contribution is 2.27. The SMILES string of the molecule is CC(C)(C)OC(=O)N1CCC(n2cc(-c3ccc(F)c(CC(=O)O)c3)cn2)CC1. The number of nitrogens with zero attached hydrogens (tertiary/aromatic N) is 3. The molecule has 29 heavy (non-hydrogen) atoms. The molecule has 1 aromatic carbocycles. The summed E-state index contributed by atoms with van der Waals surface area (Å²) < 4.78 is 21.1. The molecule has 0 radical (unpaired) electrons. The van der Waals surface area contributed by atoms with Crippen LogP contribution in [-0.4, -0.2) is 50.5 Å². The van der Waals surface area contributed by atoms with Crippen LogP contribution in [-0.2, 0) is 16.0 Å². The molecule has 1 amide bonds. The Labute approximate surface area is 169 Å². The van der Waals surface area contributed by atoms with Crippen LogP contribution in [0.3, 0.4) is 0 Å². The highest BCUT2D eigenvalue weighted by atomic mass is 19.1. The molecule has 2 aromatic rings. The van der Waals surface area contributed by atoms with Crippen LogP contribution < -0.4 is 0 Å². The summed E-state index contributed by atoms with van der Waals surface area (Å²) in [5, 5.41) is 13.4. The molecule has 3 rings (SSSR count). The van der Waals surface area contributed by atoms with Gasteiger partial charge in [0.15, 0.2) is 0 Å². The number of carbonyl (C=O) groups excluding carboxylic acids is 1. The van der Waals surface area contributed by atoms with Gasteiger partial charge in [-0.1, -0.05) is 6.07 Å². The molecular weight excluding hydrogens is 377 g/mol. The lowest BCUT2D eigenvalue weighted by molar-refractivity contribution is -0.136. The van der Waals surface area contributed by atoms with E-state index in [1.807, 2.05) is 31.6 Å². The van der Waals surface area contributed by atoms with Crippen LogP contribution in [0.15, 0.2) is 30.6 Å². The third-order valence-corrected chi connectivity index (χ3v) is 4.81. The van der Waals surface area contributed by atoms with E-state index in [-0.39, 0.29) is 24.1 Å². The van der Waals surface area contributed by atoms with E-state index in [2.05, 4.69) is 5.10 Å². The molecule has 8 heteroatoms. The molecule has 0 saturated carbocycles. The van der Waals surface area contributed by atoms with Gasteiger partial charge in [0.1, 0.15) is 11.4 Å². The van der Waals surface area contributed by atoms with E-state index in [1.165, 1.54) is 6.07 Å². The Morgan fingerprint density at radius 1 is 1.24 bits per heavy atom. The third kappa shape index (κ3) is 5.34. The van der Waals surface area contributed by atoms with E-state index >= 15 is 0 Å². The largest absolute Gasteiger partial charge is 0.481 e. The number of aromatic nitrogens is 2. The number of rotatable bonds is 4. The smallest absolute Gasteiger partial charge is 0.410 e. The molecule has 1 aromatic heterocycles. The number of hydrogen-bond acceptors (Lipinski definition) is 4. The first-order valence-corrected chi connectivity index (χ1v) is 9.65. The quantitative estimate of drug-likeness (QED) is 0.837. The van der Waals surface area contributed by atoms with Crippen LogP contribution in [0.2, 0.25) is 0 Å². The van der Waals surface area contributed by atoms with Crippen molar-refractivity contribution in [2.75, 3.05) is 13.1 Å². The van der Waals surface area contributed by atoms with Crippen LogP contribution >= 0.6 is 0 Å². The van der Waals surface area contributed by atoms with E-state index < -0.39 is 17.4 Å². The van der Waals surface area contributed by atoms with Gasteiger partial charge in [-0.25, -0.2) is 9.18 Å². The first-order valence-electron chi connectivity index (χ1n) is 9.65. The molecule has 1 N–H and O–H groups in total. The van der Waals surface area contributed by atoms with Crippen LogP contribution in [0.1, 0.15) is 45.2 Å². The van der Waals surface area contributed by atoms with Crippen molar-refractivity contribution in [2.24, 2.45) is 0 Å². The second-order valence-electron chi connectivity index (χ2n) is 8.28. The van der Waals surface area contributed by atoms with Gasteiger partial charge < -0.3 is 14.7 Å². The number of piperidine rings is 1. The molecule has 0 bridgehead atoms. The van der Waals surface area contributed by atoms with Gasteiger partial charge in [0.05, 0.1) is 18.7 Å². The van der Waals surface area contributed by atoms with Crippen molar-refractivity contribution in [3.63, 3.8) is 0 Å². The highest BCUT2D eigenvalue weighted by Gasteiger charge is 2.28. The molecule has 0 aliphatic carbocycles. The van der Waals surface area contributed by atoms with Gasteiger partial charge in [0.25, 0.3) is 0 Å². The fraction of sp³-hybridized carbons (Fsp3) is 0.476. The predicted molar refractivity (Wildman–Crippen MR) is 105 cm³/mol. The molecule has 7 nitrogen and oxygen atoms in total. The van der Waals surface area contributed by atoms with Crippen molar-refractivity contribution in [1.82, 2.24) is 14.7 Å². The molecule has 1 saturated heterocycles. The van der Waals surface area contributed by atoms with Crippen molar-refractivity contribution >= 4 is 12.1 Å². The number of benzene rings is 1. The Morgan fingerprint density at radius 3 is 2.55 bits per heavy atom. The maximum atomic E-state index is 13.8.